The maximum atomic E-state index is 11.8. The predicted molar refractivity (Wildman–Crippen MR) is 66.4 cm³/mol. The van der Waals surface area contributed by atoms with Crippen LogP contribution in [0.2, 0.25) is 0 Å². The molecule has 7 heteroatoms. The second-order valence-electron chi connectivity index (χ2n) is 4.36. The van der Waals surface area contributed by atoms with E-state index in [1.54, 1.807) is 13.0 Å². The fraction of sp³-hybridized carbons (Fsp3) is 0.214. The number of aliphatic carboxylic acids is 2. The zero-order chi connectivity index (χ0) is 15.6. The number of carboxylic acids is 2. The number of benzene rings is 1. The van der Waals surface area contributed by atoms with Gasteiger partial charge in [-0.05, 0) is 24.6 Å². The second kappa shape index (κ2) is 5.66. The van der Waals surface area contributed by atoms with Crippen LogP contribution in [0.4, 0.5) is 0 Å². The monoisotopic (exact) mass is 290 g/mol. The molecule has 0 radical (unpaired) electrons. The second-order valence-corrected chi connectivity index (χ2v) is 4.36. The minimum absolute atomic E-state index is 0.0194. The van der Waals surface area contributed by atoms with Crippen LogP contribution in [0.5, 0.6) is 5.75 Å². The molecule has 0 bridgehead atoms. The Morgan fingerprint density at radius 2 is 1.95 bits per heavy atom. The normalized spacial score (nSPS) is 10.5. The maximum absolute atomic E-state index is 11.8. The van der Waals surface area contributed by atoms with E-state index >= 15 is 0 Å². The van der Waals surface area contributed by atoms with E-state index in [2.05, 4.69) is 0 Å². The Hall–Kier alpha value is -2.83. The number of carbonyl (C=O) groups is 2. The fourth-order valence-corrected chi connectivity index (χ4v) is 1.96. The molecule has 2 rings (SSSR count). The highest BCUT2D eigenvalue weighted by molar-refractivity contribution is 5.83. The molecule has 0 saturated carbocycles. The zero-order valence-electron chi connectivity index (χ0n) is 11.0. The topological polar surface area (TPSA) is 120 Å². The first kappa shape index (κ1) is 14.6. The van der Waals surface area contributed by atoms with Crippen molar-refractivity contribution in [2.45, 2.75) is 13.3 Å². The molecule has 0 atom stereocenters. The number of ether oxygens (including phenoxy) is 1. The average Bonchev–Trinajstić information content (AvgIpc) is 2.40. The quantitative estimate of drug-likeness (QED) is 0.616. The van der Waals surface area contributed by atoms with Gasteiger partial charge in [0.1, 0.15) is 17.9 Å². The molecule has 21 heavy (non-hydrogen) atoms. The van der Waals surface area contributed by atoms with Gasteiger partial charge in [-0.15, -0.1) is 0 Å². The zero-order valence-corrected chi connectivity index (χ0v) is 11.0. The Morgan fingerprint density at radius 1 is 1.24 bits per heavy atom. The summed E-state index contributed by atoms with van der Waals surface area (Å²) in [6.07, 6.45) is -0.535. The number of hydrogen-bond acceptors (Lipinski definition) is 7. The highest BCUT2D eigenvalue weighted by atomic mass is 16.5. The van der Waals surface area contributed by atoms with Gasteiger partial charge in [0.15, 0.2) is 0 Å². The Balaban J connectivity index is 2.48. The summed E-state index contributed by atoms with van der Waals surface area (Å²) in [5.74, 6) is -2.56. The van der Waals surface area contributed by atoms with Crippen LogP contribution in [0.1, 0.15) is 11.1 Å². The minimum atomic E-state index is -1.38. The summed E-state index contributed by atoms with van der Waals surface area (Å²) in [5, 5.41) is 21.5. The van der Waals surface area contributed by atoms with Crippen LogP contribution in [-0.4, -0.2) is 18.5 Å². The van der Waals surface area contributed by atoms with Gasteiger partial charge in [-0.2, -0.15) is 0 Å². The van der Waals surface area contributed by atoms with Gasteiger partial charge in [0, 0.05) is 29.4 Å². The number of hydrogen-bond donors (Lipinski definition) is 0. The highest BCUT2D eigenvalue weighted by Gasteiger charge is 2.12. The van der Waals surface area contributed by atoms with E-state index in [0.717, 1.165) is 0 Å². The molecule has 1 aromatic heterocycles. The fourth-order valence-electron chi connectivity index (χ4n) is 1.96. The van der Waals surface area contributed by atoms with Gasteiger partial charge in [-0.1, -0.05) is 0 Å². The largest absolute Gasteiger partial charge is 0.550 e. The summed E-state index contributed by atoms with van der Waals surface area (Å²) < 4.78 is 9.95. The molecule has 0 fully saturated rings. The van der Waals surface area contributed by atoms with E-state index in [4.69, 9.17) is 9.15 Å². The van der Waals surface area contributed by atoms with Crippen LogP contribution in [0.25, 0.3) is 11.0 Å². The average molecular weight is 290 g/mol. The van der Waals surface area contributed by atoms with E-state index in [-0.39, 0.29) is 16.9 Å². The van der Waals surface area contributed by atoms with E-state index in [0.29, 0.717) is 10.9 Å². The number of aryl methyl sites for hydroxylation is 1. The first-order valence-corrected chi connectivity index (χ1v) is 5.97. The van der Waals surface area contributed by atoms with Crippen molar-refractivity contribution in [3.63, 3.8) is 0 Å². The van der Waals surface area contributed by atoms with Crippen LogP contribution in [-0.2, 0) is 16.0 Å². The van der Waals surface area contributed by atoms with Gasteiger partial charge in [0.25, 0.3) is 0 Å². The van der Waals surface area contributed by atoms with E-state index < -0.39 is 30.6 Å². The van der Waals surface area contributed by atoms with Crippen molar-refractivity contribution in [1.82, 2.24) is 0 Å². The lowest BCUT2D eigenvalue weighted by atomic mass is 10.0. The molecule has 0 unspecified atom stereocenters. The molecule has 1 aromatic carbocycles. The summed E-state index contributed by atoms with van der Waals surface area (Å²) >= 11 is 0. The third kappa shape index (κ3) is 3.19. The van der Waals surface area contributed by atoms with Crippen molar-refractivity contribution < 1.29 is 29.0 Å². The Labute approximate surface area is 118 Å². The van der Waals surface area contributed by atoms with Crippen LogP contribution in [0, 0.1) is 6.92 Å². The molecule has 0 aliphatic carbocycles. The lowest BCUT2D eigenvalue weighted by Crippen LogP contribution is -2.29. The molecule has 1 heterocycles. The van der Waals surface area contributed by atoms with Crippen molar-refractivity contribution in [1.29, 1.82) is 0 Å². The summed E-state index contributed by atoms with van der Waals surface area (Å²) in [6.45, 7) is 0.969. The SMILES string of the molecule is Cc1c(CC(=O)[O-])c(=O)oc2cc(OCC(=O)[O-])ccc12. The molecule has 0 aliphatic rings. The molecule has 7 nitrogen and oxygen atoms in total. The molecule has 0 saturated heterocycles. The Morgan fingerprint density at radius 3 is 2.57 bits per heavy atom. The lowest BCUT2D eigenvalue weighted by molar-refractivity contribution is -0.308. The molecule has 0 aliphatic heterocycles. The van der Waals surface area contributed by atoms with E-state index in [1.807, 2.05) is 0 Å². The number of carboxylic acid groups (broad SMARTS) is 2. The van der Waals surface area contributed by atoms with E-state index in [1.165, 1.54) is 12.1 Å². The highest BCUT2D eigenvalue weighted by Crippen LogP contribution is 2.24. The summed E-state index contributed by atoms with van der Waals surface area (Å²) in [5.41, 5.74) is -0.112. The van der Waals surface area contributed by atoms with Crippen LogP contribution in [0.15, 0.2) is 27.4 Å². The number of carbonyl (C=O) groups excluding carboxylic acids is 2. The molecular weight excluding hydrogens is 280 g/mol. The third-order valence-corrected chi connectivity index (χ3v) is 2.94. The standard InChI is InChI=1S/C14H12O7/c1-7-9-3-2-8(20-6-13(17)18)4-11(9)21-14(19)10(7)5-12(15)16/h2-4H,5-6H2,1H3,(H,15,16)(H,17,18)/p-2. The number of fused-ring (bicyclic) bond motifs is 1. The molecule has 0 N–H and O–H groups in total. The van der Waals surface area contributed by atoms with Gasteiger partial charge >= 0.3 is 5.63 Å². The van der Waals surface area contributed by atoms with Crippen molar-refractivity contribution in [2.75, 3.05) is 6.61 Å². The molecule has 0 spiro atoms. The van der Waals surface area contributed by atoms with Gasteiger partial charge < -0.3 is 29.0 Å². The predicted octanol–water partition coefficient (Wildman–Crippen LogP) is -1.48. The van der Waals surface area contributed by atoms with Crippen LogP contribution >= 0.6 is 0 Å². The Kier molecular flexibility index (Phi) is 3.93. The third-order valence-electron chi connectivity index (χ3n) is 2.94. The molecular formula is C14H10O7-2. The summed E-state index contributed by atoms with van der Waals surface area (Å²) in [6, 6.07) is 4.40. The number of rotatable bonds is 5. The summed E-state index contributed by atoms with van der Waals surface area (Å²) in [7, 11) is 0. The van der Waals surface area contributed by atoms with Crippen molar-refractivity contribution in [3.8, 4) is 5.75 Å². The van der Waals surface area contributed by atoms with Crippen LogP contribution in [0.3, 0.4) is 0 Å². The molecule has 110 valence electrons. The van der Waals surface area contributed by atoms with Gasteiger partial charge in [-0.3, -0.25) is 0 Å². The first-order valence-electron chi connectivity index (χ1n) is 5.97. The maximum Gasteiger partial charge on any atom is 0.340 e. The minimum Gasteiger partial charge on any atom is -0.550 e. The van der Waals surface area contributed by atoms with Gasteiger partial charge in [-0.25, -0.2) is 4.79 Å². The molecule has 2 aromatic rings. The van der Waals surface area contributed by atoms with Crippen LogP contribution < -0.4 is 20.6 Å². The van der Waals surface area contributed by atoms with Gasteiger partial charge in [0.2, 0.25) is 0 Å². The van der Waals surface area contributed by atoms with Crippen molar-refractivity contribution in [3.05, 3.63) is 39.7 Å². The van der Waals surface area contributed by atoms with Crippen molar-refractivity contribution in [2.24, 2.45) is 0 Å². The Bertz CT molecular complexity index is 773. The molecule has 0 amide bonds. The smallest absolute Gasteiger partial charge is 0.340 e. The first-order chi connectivity index (χ1) is 9.88. The summed E-state index contributed by atoms with van der Waals surface area (Å²) in [4.78, 5) is 32.7. The van der Waals surface area contributed by atoms with E-state index in [9.17, 15) is 24.6 Å². The lowest BCUT2D eigenvalue weighted by Gasteiger charge is -2.10. The van der Waals surface area contributed by atoms with Gasteiger partial charge in [0.05, 0.1) is 5.97 Å². The van der Waals surface area contributed by atoms with Crippen molar-refractivity contribution >= 4 is 22.9 Å².